The summed E-state index contributed by atoms with van der Waals surface area (Å²) >= 11 is 0. The minimum absolute atomic E-state index is 0.273. The van der Waals surface area contributed by atoms with E-state index in [0.717, 1.165) is 24.1 Å². The second-order valence-corrected chi connectivity index (χ2v) is 7.06. The van der Waals surface area contributed by atoms with Crippen molar-refractivity contribution in [2.45, 2.75) is 30.7 Å². The number of rotatable bonds is 3. The van der Waals surface area contributed by atoms with Crippen molar-refractivity contribution in [2.24, 2.45) is 0 Å². The van der Waals surface area contributed by atoms with Crippen molar-refractivity contribution in [1.82, 2.24) is 0 Å². The fourth-order valence-electron chi connectivity index (χ4n) is 2.53. The first-order valence-electron chi connectivity index (χ1n) is 7.02. The maximum atomic E-state index is 12.3. The van der Waals surface area contributed by atoms with Gasteiger partial charge in [0.05, 0.1) is 4.90 Å². The summed E-state index contributed by atoms with van der Waals surface area (Å²) in [4.78, 5) is 0.273. The Bertz CT molecular complexity index is 742. The van der Waals surface area contributed by atoms with Crippen LogP contribution in [-0.2, 0) is 16.4 Å². The summed E-state index contributed by atoms with van der Waals surface area (Å²) in [6.45, 7) is 2.15. The predicted molar refractivity (Wildman–Crippen MR) is 85.1 cm³/mol. The van der Waals surface area contributed by atoms with Crippen LogP contribution in [0.1, 0.15) is 18.9 Å². The average Bonchev–Trinajstić information content (AvgIpc) is 2.48. The van der Waals surface area contributed by atoms with Gasteiger partial charge in [-0.25, -0.2) is 8.42 Å². The van der Waals surface area contributed by atoms with Crippen LogP contribution in [0.2, 0.25) is 0 Å². The third kappa shape index (κ3) is 3.03. The molecule has 1 unspecified atom stereocenters. The average molecular weight is 302 g/mol. The summed E-state index contributed by atoms with van der Waals surface area (Å²) in [5, 5.41) is 3.40. The molecule has 3 rings (SSSR count). The molecular formula is C16H18N2O2S. The van der Waals surface area contributed by atoms with Crippen LogP contribution >= 0.6 is 0 Å². The van der Waals surface area contributed by atoms with Crippen LogP contribution in [-0.4, -0.2) is 14.5 Å². The van der Waals surface area contributed by atoms with Crippen molar-refractivity contribution < 1.29 is 8.42 Å². The Kier molecular flexibility index (Phi) is 3.59. The molecule has 5 heteroatoms. The Balaban J connectivity index is 1.86. The van der Waals surface area contributed by atoms with Gasteiger partial charge < -0.3 is 5.32 Å². The smallest absolute Gasteiger partial charge is 0.261 e. The normalized spacial score (nSPS) is 17.7. The number of aryl methyl sites for hydroxylation is 1. The quantitative estimate of drug-likeness (QED) is 0.915. The van der Waals surface area contributed by atoms with Crippen LogP contribution in [0.15, 0.2) is 53.4 Å². The summed E-state index contributed by atoms with van der Waals surface area (Å²) in [6, 6.07) is 14.5. The Labute approximate surface area is 125 Å². The number of benzene rings is 2. The standard InChI is InChI=1S/C16H18N2O2S/c1-12-7-8-13-11-14(9-10-16(13)17-12)18-21(19,20)15-5-3-2-4-6-15/h2-6,9-12,17-18H,7-8H2,1H3. The van der Waals surface area contributed by atoms with Crippen molar-refractivity contribution >= 4 is 21.4 Å². The molecule has 0 radical (unpaired) electrons. The van der Waals surface area contributed by atoms with Crippen LogP contribution in [0.3, 0.4) is 0 Å². The highest BCUT2D eigenvalue weighted by molar-refractivity contribution is 7.92. The largest absolute Gasteiger partial charge is 0.382 e. The van der Waals surface area contributed by atoms with E-state index in [1.807, 2.05) is 12.1 Å². The lowest BCUT2D eigenvalue weighted by Crippen LogP contribution is -2.22. The third-order valence-corrected chi connectivity index (χ3v) is 5.06. The van der Waals surface area contributed by atoms with Gasteiger partial charge in [0.1, 0.15) is 0 Å². The van der Waals surface area contributed by atoms with Gasteiger partial charge in [0.2, 0.25) is 0 Å². The minimum Gasteiger partial charge on any atom is -0.382 e. The van der Waals surface area contributed by atoms with Crippen molar-refractivity contribution in [3.05, 3.63) is 54.1 Å². The molecule has 4 nitrogen and oxygen atoms in total. The fourth-order valence-corrected chi connectivity index (χ4v) is 3.60. The summed E-state index contributed by atoms with van der Waals surface area (Å²) in [5.74, 6) is 0. The van der Waals surface area contributed by atoms with Gasteiger partial charge in [-0.2, -0.15) is 0 Å². The summed E-state index contributed by atoms with van der Waals surface area (Å²) < 4.78 is 27.2. The molecule has 110 valence electrons. The van der Waals surface area contributed by atoms with E-state index >= 15 is 0 Å². The molecule has 21 heavy (non-hydrogen) atoms. The SMILES string of the molecule is CC1CCc2cc(NS(=O)(=O)c3ccccc3)ccc2N1. The Morgan fingerprint density at radius 1 is 1.14 bits per heavy atom. The maximum absolute atomic E-state index is 12.3. The maximum Gasteiger partial charge on any atom is 0.261 e. The third-order valence-electron chi connectivity index (χ3n) is 3.66. The van der Waals surface area contributed by atoms with Gasteiger partial charge in [0, 0.05) is 17.4 Å². The van der Waals surface area contributed by atoms with Gasteiger partial charge in [-0.15, -0.1) is 0 Å². The molecule has 0 saturated carbocycles. The first-order valence-corrected chi connectivity index (χ1v) is 8.50. The highest BCUT2D eigenvalue weighted by Gasteiger charge is 2.17. The molecule has 2 N–H and O–H groups in total. The van der Waals surface area contributed by atoms with Crippen LogP contribution in [0.25, 0.3) is 0 Å². The fraction of sp³-hybridized carbons (Fsp3) is 0.250. The lowest BCUT2D eigenvalue weighted by molar-refractivity contribution is 0.601. The summed E-state index contributed by atoms with van der Waals surface area (Å²) in [5.41, 5.74) is 2.85. The zero-order valence-electron chi connectivity index (χ0n) is 11.8. The van der Waals surface area contributed by atoms with Crippen LogP contribution < -0.4 is 10.0 Å². The molecule has 0 fully saturated rings. The molecule has 1 aliphatic rings. The van der Waals surface area contributed by atoms with Gasteiger partial charge in [-0.05, 0) is 55.7 Å². The van der Waals surface area contributed by atoms with E-state index < -0.39 is 10.0 Å². The zero-order valence-corrected chi connectivity index (χ0v) is 12.7. The molecule has 0 amide bonds. The highest BCUT2D eigenvalue weighted by Crippen LogP contribution is 2.28. The summed E-state index contributed by atoms with van der Waals surface area (Å²) in [6.07, 6.45) is 2.02. The molecule has 0 bridgehead atoms. The molecule has 0 aromatic heterocycles. The molecule has 2 aromatic rings. The zero-order chi connectivity index (χ0) is 14.9. The minimum atomic E-state index is -3.52. The van der Waals surface area contributed by atoms with Crippen molar-refractivity contribution in [3.63, 3.8) is 0 Å². The van der Waals surface area contributed by atoms with E-state index in [1.165, 1.54) is 0 Å². The van der Waals surface area contributed by atoms with Crippen LogP contribution in [0, 0.1) is 0 Å². The van der Waals surface area contributed by atoms with Gasteiger partial charge in [-0.3, -0.25) is 4.72 Å². The van der Waals surface area contributed by atoms with Crippen LogP contribution in [0.4, 0.5) is 11.4 Å². The first kappa shape index (κ1) is 13.9. The molecule has 1 heterocycles. The van der Waals surface area contributed by atoms with Gasteiger partial charge >= 0.3 is 0 Å². The van der Waals surface area contributed by atoms with E-state index in [2.05, 4.69) is 17.0 Å². The topological polar surface area (TPSA) is 58.2 Å². The van der Waals surface area contributed by atoms with E-state index in [4.69, 9.17) is 0 Å². The molecule has 0 spiro atoms. The number of hydrogen-bond donors (Lipinski definition) is 2. The van der Waals surface area contributed by atoms with E-state index in [-0.39, 0.29) is 4.90 Å². The van der Waals surface area contributed by atoms with Gasteiger partial charge in [-0.1, -0.05) is 18.2 Å². The monoisotopic (exact) mass is 302 g/mol. The number of anilines is 2. The molecule has 1 atom stereocenters. The van der Waals surface area contributed by atoms with E-state index in [1.54, 1.807) is 36.4 Å². The lowest BCUT2D eigenvalue weighted by Gasteiger charge is -2.24. The molecule has 0 aliphatic carbocycles. The molecule has 1 aliphatic heterocycles. The Morgan fingerprint density at radius 3 is 2.67 bits per heavy atom. The van der Waals surface area contributed by atoms with E-state index in [0.29, 0.717) is 11.7 Å². The highest BCUT2D eigenvalue weighted by atomic mass is 32.2. The molecular weight excluding hydrogens is 284 g/mol. The molecule has 2 aromatic carbocycles. The second-order valence-electron chi connectivity index (χ2n) is 5.37. The summed E-state index contributed by atoms with van der Waals surface area (Å²) in [7, 11) is -3.52. The Hall–Kier alpha value is -2.01. The van der Waals surface area contributed by atoms with E-state index in [9.17, 15) is 8.42 Å². The van der Waals surface area contributed by atoms with Crippen LogP contribution in [0.5, 0.6) is 0 Å². The Morgan fingerprint density at radius 2 is 1.90 bits per heavy atom. The van der Waals surface area contributed by atoms with Crippen molar-refractivity contribution in [2.75, 3.05) is 10.0 Å². The van der Waals surface area contributed by atoms with Crippen molar-refractivity contribution in [1.29, 1.82) is 0 Å². The van der Waals surface area contributed by atoms with Gasteiger partial charge in [0.15, 0.2) is 0 Å². The number of hydrogen-bond acceptors (Lipinski definition) is 3. The lowest BCUT2D eigenvalue weighted by atomic mass is 9.99. The van der Waals surface area contributed by atoms with Gasteiger partial charge in [0.25, 0.3) is 10.0 Å². The predicted octanol–water partition coefficient (Wildman–Crippen LogP) is 3.23. The second kappa shape index (κ2) is 5.41. The number of nitrogens with one attached hydrogen (secondary N) is 2. The van der Waals surface area contributed by atoms with Crippen molar-refractivity contribution in [3.8, 4) is 0 Å². The first-order chi connectivity index (χ1) is 10.0. The number of fused-ring (bicyclic) bond motifs is 1. The molecule has 0 saturated heterocycles. The number of sulfonamides is 1.